The van der Waals surface area contributed by atoms with Gasteiger partial charge in [0.1, 0.15) is 5.75 Å². The summed E-state index contributed by atoms with van der Waals surface area (Å²) >= 11 is 27.1. The fraction of sp³-hybridized carbons (Fsp3) is 0.357. The number of phenols is 1. The van der Waals surface area contributed by atoms with Crippen LogP contribution in [0.15, 0.2) is 48.0 Å². The molecule has 6 atom stereocenters. The Morgan fingerprint density at radius 2 is 1.64 bits per heavy atom. The lowest BCUT2D eigenvalue weighted by molar-refractivity contribution is -0.138. The molecular formula is C28H22Cl4N2O5. The second-order valence-electron chi connectivity index (χ2n) is 10.6. The summed E-state index contributed by atoms with van der Waals surface area (Å²) in [6.07, 6.45) is 1.93. The zero-order chi connectivity index (χ0) is 28.2. The average molecular weight is 608 g/mol. The van der Waals surface area contributed by atoms with Crippen molar-refractivity contribution in [2.75, 3.05) is 11.9 Å². The third kappa shape index (κ3) is 3.37. The van der Waals surface area contributed by atoms with Gasteiger partial charge in [0, 0.05) is 23.0 Å². The van der Waals surface area contributed by atoms with Crippen molar-refractivity contribution in [3.8, 4) is 5.75 Å². The van der Waals surface area contributed by atoms with E-state index in [1.165, 1.54) is 25.2 Å². The Balaban J connectivity index is 1.52. The van der Waals surface area contributed by atoms with Crippen LogP contribution in [0.1, 0.15) is 29.9 Å². The highest BCUT2D eigenvalue weighted by atomic mass is 35.5. The summed E-state index contributed by atoms with van der Waals surface area (Å²) in [7, 11) is 1.32. The number of allylic oxidation sites excluding steroid dienone is 2. The van der Waals surface area contributed by atoms with Crippen LogP contribution >= 0.6 is 46.4 Å². The van der Waals surface area contributed by atoms with E-state index in [0.717, 1.165) is 15.4 Å². The first kappa shape index (κ1) is 26.6. The highest BCUT2D eigenvalue weighted by Crippen LogP contribution is 2.66. The van der Waals surface area contributed by atoms with E-state index in [0.29, 0.717) is 21.8 Å². The Bertz CT molecular complexity index is 1540. The summed E-state index contributed by atoms with van der Waals surface area (Å²) < 4.78 is 0. The van der Waals surface area contributed by atoms with Gasteiger partial charge in [-0.3, -0.25) is 24.1 Å². The molecule has 6 rings (SSSR count). The number of amides is 4. The monoisotopic (exact) mass is 606 g/mol. The minimum absolute atomic E-state index is 0.0931. The van der Waals surface area contributed by atoms with E-state index in [-0.39, 0.29) is 29.5 Å². The average Bonchev–Trinajstić information content (AvgIpc) is 3.21. The van der Waals surface area contributed by atoms with Gasteiger partial charge in [-0.05, 0) is 61.1 Å². The Kier molecular flexibility index (Phi) is 5.95. The number of aromatic hydroxyl groups is 1. The maximum Gasteiger partial charge on any atom is 0.253 e. The third-order valence-corrected chi connectivity index (χ3v) is 10.9. The molecule has 39 heavy (non-hydrogen) atoms. The van der Waals surface area contributed by atoms with Crippen molar-refractivity contribution < 1.29 is 24.3 Å². The Morgan fingerprint density at radius 3 is 2.31 bits per heavy atom. The lowest BCUT2D eigenvalue weighted by Crippen LogP contribution is -2.60. The molecule has 2 heterocycles. The van der Waals surface area contributed by atoms with Crippen LogP contribution in [0.25, 0.3) is 0 Å². The van der Waals surface area contributed by atoms with E-state index in [4.69, 9.17) is 46.4 Å². The number of hydrogen-bond acceptors (Lipinski definition) is 5. The van der Waals surface area contributed by atoms with E-state index in [1.54, 1.807) is 18.2 Å². The molecule has 1 saturated carbocycles. The molecule has 0 aromatic heterocycles. The first-order chi connectivity index (χ1) is 18.3. The van der Waals surface area contributed by atoms with Crippen molar-refractivity contribution >= 4 is 75.7 Å². The topological polar surface area (TPSA) is 95.0 Å². The number of halogens is 4. The number of nitrogens with zero attached hydrogens (tertiary/aromatic N) is 2. The molecular weight excluding hydrogens is 586 g/mol. The highest BCUT2D eigenvalue weighted by Gasteiger charge is 2.76. The van der Waals surface area contributed by atoms with Crippen LogP contribution in [-0.2, 0) is 19.2 Å². The standard InChI is InChI=1S/C28H22Cl4N2O5/c1-12-3-4-13(9-19(12)29)34-23(36)17-8-7-15-18(21(17)24(34)37)11-27(31)25(38)33(2)26(39)28(27,32)22(15)16-6-5-14(35)10-20(16)30/h3-7,9-10,17-18,21-22,35H,8,11H2,1-2H3/t17-,18+,21-,22+,27+,28-/m0/s1. The number of fused-ring (bicyclic) bond motifs is 4. The van der Waals surface area contributed by atoms with Crippen molar-refractivity contribution in [2.45, 2.75) is 35.4 Å². The molecule has 0 unspecified atom stereocenters. The molecule has 0 radical (unpaired) electrons. The Morgan fingerprint density at radius 1 is 0.923 bits per heavy atom. The number of imide groups is 2. The largest absolute Gasteiger partial charge is 0.508 e. The molecule has 0 spiro atoms. The first-order valence-corrected chi connectivity index (χ1v) is 13.9. The van der Waals surface area contributed by atoms with Crippen LogP contribution < -0.4 is 4.90 Å². The van der Waals surface area contributed by atoms with E-state index in [9.17, 15) is 24.3 Å². The number of phenolic OH excluding ortho intramolecular Hbond substituents is 1. The van der Waals surface area contributed by atoms with E-state index >= 15 is 0 Å². The molecule has 7 nitrogen and oxygen atoms in total. The molecule has 2 aliphatic carbocycles. The number of aryl methyl sites for hydroxylation is 1. The summed E-state index contributed by atoms with van der Waals surface area (Å²) in [5.41, 5.74) is 2.18. The molecule has 11 heteroatoms. The van der Waals surface area contributed by atoms with Gasteiger partial charge in [0.15, 0.2) is 9.75 Å². The lowest BCUT2D eigenvalue weighted by Gasteiger charge is -2.51. The van der Waals surface area contributed by atoms with Crippen molar-refractivity contribution in [2.24, 2.45) is 17.8 Å². The molecule has 3 fully saturated rings. The number of anilines is 1. The SMILES string of the molecule is Cc1ccc(N2C(=O)[C@H]3[C@H](CC=C4[C@H]3C[C@@]3(Cl)C(=O)N(C)C(=O)[C@@]3(Cl)[C@H]4c3ccc(O)cc3Cl)C2=O)cc1Cl. The second-order valence-corrected chi connectivity index (χ2v) is 12.7. The summed E-state index contributed by atoms with van der Waals surface area (Å²) in [4.78, 5) is 52.9. The third-order valence-electron chi connectivity index (χ3n) is 8.72. The number of likely N-dealkylation sites (tertiary alicyclic amines) is 1. The molecule has 2 aliphatic heterocycles. The highest BCUT2D eigenvalue weighted by molar-refractivity contribution is 6.54. The van der Waals surface area contributed by atoms with Crippen LogP contribution in [0.2, 0.25) is 10.0 Å². The maximum atomic E-state index is 14.0. The minimum Gasteiger partial charge on any atom is -0.508 e. The van der Waals surface area contributed by atoms with Crippen LogP contribution in [0.4, 0.5) is 5.69 Å². The fourth-order valence-electron chi connectivity index (χ4n) is 6.82. The van der Waals surface area contributed by atoms with Crippen molar-refractivity contribution in [3.63, 3.8) is 0 Å². The van der Waals surface area contributed by atoms with Gasteiger partial charge in [-0.25, -0.2) is 4.90 Å². The van der Waals surface area contributed by atoms with Gasteiger partial charge < -0.3 is 5.11 Å². The summed E-state index contributed by atoms with van der Waals surface area (Å²) in [5, 5.41) is 10.5. The fourth-order valence-corrected chi connectivity index (χ4v) is 8.28. The Hall–Kier alpha value is -2.58. The van der Waals surface area contributed by atoms with Crippen LogP contribution in [0.3, 0.4) is 0 Å². The predicted octanol–water partition coefficient (Wildman–Crippen LogP) is 5.20. The normalized spacial score (nSPS) is 33.7. The van der Waals surface area contributed by atoms with Gasteiger partial charge in [-0.15, -0.1) is 23.2 Å². The molecule has 2 aromatic rings. The number of alkyl halides is 2. The molecule has 0 bridgehead atoms. The second kappa shape index (κ2) is 8.71. The smallest absolute Gasteiger partial charge is 0.253 e. The first-order valence-electron chi connectivity index (χ1n) is 12.4. The van der Waals surface area contributed by atoms with Crippen LogP contribution in [-0.4, -0.2) is 50.4 Å². The van der Waals surface area contributed by atoms with E-state index in [1.807, 2.05) is 13.0 Å². The molecule has 4 amide bonds. The number of carbonyl (C=O) groups is 4. The van der Waals surface area contributed by atoms with Gasteiger partial charge >= 0.3 is 0 Å². The quantitative estimate of drug-likeness (QED) is 0.288. The van der Waals surface area contributed by atoms with Gasteiger partial charge in [0.2, 0.25) is 11.8 Å². The summed E-state index contributed by atoms with van der Waals surface area (Å²) in [6, 6.07) is 9.26. The summed E-state index contributed by atoms with van der Waals surface area (Å²) in [5.74, 6) is -5.42. The van der Waals surface area contributed by atoms with Gasteiger partial charge in [0.05, 0.1) is 17.5 Å². The van der Waals surface area contributed by atoms with Gasteiger partial charge in [-0.1, -0.05) is 47.0 Å². The van der Waals surface area contributed by atoms with Gasteiger partial charge in [-0.2, -0.15) is 0 Å². The Labute approximate surface area is 244 Å². The minimum atomic E-state index is -1.94. The predicted molar refractivity (Wildman–Crippen MR) is 147 cm³/mol. The zero-order valence-corrected chi connectivity index (χ0v) is 23.8. The van der Waals surface area contributed by atoms with Crippen LogP contribution in [0, 0.1) is 24.7 Å². The molecule has 202 valence electrons. The molecule has 1 N–H and O–H groups in total. The number of hydrogen-bond donors (Lipinski definition) is 1. The number of carbonyl (C=O) groups excluding carboxylic acids is 4. The van der Waals surface area contributed by atoms with Crippen LogP contribution in [0.5, 0.6) is 5.75 Å². The molecule has 2 saturated heterocycles. The van der Waals surface area contributed by atoms with Crippen molar-refractivity contribution in [3.05, 3.63) is 69.2 Å². The van der Waals surface area contributed by atoms with E-state index < -0.39 is 51.1 Å². The number of benzene rings is 2. The summed E-state index contributed by atoms with van der Waals surface area (Å²) in [6.45, 7) is 1.82. The van der Waals surface area contributed by atoms with Crippen molar-refractivity contribution in [1.82, 2.24) is 4.90 Å². The number of rotatable bonds is 2. The van der Waals surface area contributed by atoms with Gasteiger partial charge in [0.25, 0.3) is 11.8 Å². The maximum absolute atomic E-state index is 14.0. The van der Waals surface area contributed by atoms with E-state index in [2.05, 4.69) is 0 Å². The molecule has 2 aromatic carbocycles. The van der Waals surface area contributed by atoms with Crippen molar-refractivity contribution in [1.29, 1.82) is 0 Å². The lowest BCUT2D eigenvalue weighted by atomic mass is 9.56. The molecule has 4 aliphatic rings. The zero-order valence-electron chi connectivity index (χ0n) is 20.8.